The van der Waals surface area contributed by atoms with Crippen LogP contribution in [0.25, 0.3) is 0 Å². The van der Waals surface area contributed by atoms with E-state index in [9.17, 15) is 9.90 Å². The molecule has 1 saturated carbocycles. The van der Waals surface area contributed by atoms with Crippen molar-refractivity contribution in [1.82, 2.24) is 5.32 Å². The lowest BCUT2D eigenvalue weighted by Crippen LogP contribution is -2.35. The number of carbonyl (C=O) groups excluding carboxylic acids is 1. The SMILES string of the molecule is CC(C)COCC(O)CNC(=O)C1CC1c1ccc(Cl)cc1. The van der Waals surface area contributed by atoms with Crippen molar-refractivity contribution in [2.45, 2.75) is 32.3 Å². The fourth-order valence-electron chi connectivity index (χ4n) is 2.41. The second kappa shape index (κ2) is 7.95. The number of benzene rings is 1. The lowest BCUT2D eigenvalue weighted by Gasteiger charge is -2.13. The number of nitrogens with one attached hydrogen (secondary N) is 1. The van der Waals surface area contributed by atoms with E-state index in [4.69, 9.17) is 16.3 Å². The molecule has 122 valence electrons. The zero-order chi connectivity index (χ0) is 16.1. The zero-order valence-electron chi connectivity index (χ0n) is 13.1. The number of carbonyl (C=O) groups is 1. The summed E-state index contributed by atoms with van der Waals surface area (Å²) in [6.45, 7) is 5.22. The number of aliphatic hydroxyl groups excluding tert-OH is 1. The van der Waals surface area contributed by atoms with Crippen molar-refractivity contribution >= 4 is 17.5 Å². The van der Waals surface area contributed by atoms with Crippen molar-refractivity contribution in [1.29, 1.82) is 0 Å². The summed E-state index contributed by atoms with van der Waals surface area (Å²) in [5, 5.41) is 13.3. The van der Waals surface area contributed by atoms with E-state index < -0.39 is 6.10 Å². The minimum absolute atomic E-state index is 0.00265. The largest absolute Gasteiger partial charge is 0.389 e. The maximum absolute atomic E-state index is 12.1. The topological polar surface area (TPSA) is 58.6 Å². The molecular formula is C17H24ClNO3. The van der Waals surface area contributed by atoms with E-state index in [-0.39, 0.29) is 30.9 Å². The van der Waals surface area contributed by atoms with Crippen molar-refractivity contribution in [3.8, 4) is 0 Å². The Morgan fingerprint density at radius 3 is 2.68 bits per heavy atom. The number of hydrogen-bond acceptors (Lipinski definition) is 3. The molecule has 1 aromatic rings. The molecule has 1 fully saturated rings. The van der Waals surface area contributed by atoms with Crippen LogP contribution in [-0.2, 0) is 9.53 Å². The van der Waals surface area contributed by atoms with Crippen LogP contribution in [0.4, 0.5) is 0 Å². The molecule has 0 saturated heterocycles. The third kappa shape index (κ3) is 5.27. The van der Waals surface area contributed by atoms with Crippen LogP contribution < -0.4 is 5.32 Å². The standard InChI is InChI=1S/C17H24ClNO3/c1-11(2)9-22-10-14(20)8-19-17(21)16-7-15(16)12-3-5-13(18)6-4-12/h3-6,11,14-16,20H,7-10H2,1-2H3,(H,19,21). The predicted molar refractivity (Wildman–Crippen MR) is 87.0 cm³/mol. The van der Waals surface area contributed by atoms with Crippen LogP contribution in [-0.4, -0.2) is 36.9 Å². The number of halogens is 1. The molecule has 2 rings (SSSR count). The number of hydrogen-bond donors (Lipinski definition) is 2. The first kappa shape index (κ1) is 17.3. The first-order valence-corrected chi connectivity index (χ1v) is 8.14. The van der Waals surface area contributed by atoms with Crippen LogP contribution in [0.2, 0.25) is 5.02 Å². The molecule has 0 spiro atoms. The van der Waals surface area contributed by atoms with Gasteiger partial charge in [-0.1, -0.05) is 37.6 Å². The van der Waals surface area contributed by atoms with Gasteiger partial charge in [-0.05, 0) is 36.0 Å². The third-order valence-corrected chi connectivity index (χ3v) is 3.95. The van der Waals surface area contributed by atoms with Crippen molar-refractivity contribution in [3.05, 3.63) is 34.9 Å². The Bertz CT molecular complexity index is 489. The van der Waals surface area contributed by atoms with Gasteiger partial charge >= 0.3 is 0 Å². The van der Waals surface area contributed by atoms with E-state index in [1.165, 1.54) is 0 Å². The first-order valence-electron chi connectivity index (χ1n) is 7.76. The molecule has 3 unspecified atom stereocenters. The molecule has 1 aliphatic carbocycles. The van der Waals surface area contributed by atoms with Gasteiger partial charge in [-0.15, -0.1) is 0 Å². The van der Waals surface area contributed by atoms with Gasteiger partial charge in [0.2, 0.25) is 5.91 Å². The highest BCUT2D eigenvalue weighted by Gasteiger charge is 2.43. The van der Waals surface area contributed by atoms with Crippen LogP contribution in [0.1, 0.15) is 31.7 Å². The van der Waals surface area contributed by atoms with Gasteiger partial charge in [0, 0.05) is 24.1 Å². The Labute approximate surface area is 136 Å². The molecule has 3 atom stereocenters. The molecule has 0 bridgehead atoms. The molecule has 0 aliphatic heterocycles. The molecule has 5 heteroatoms. The highest BCUT2D eigenvalue weighted by atomic mass is 35.5. The maximum atomic E-state index is 12.1. The number of amides is 1. The van der Waals surface area contributed by atoms with Gasteiger partial charge in [0.15, 0.2) is 0 Å². The van der Waals surface area contributed by atoms with Gasteiger partial charge in [-0.25, -0.2) is 0 Å². The summed E-state index contributed by atoms with van der Waals surface area (Å²) in [5.74, 6) is 0.716. The van der Waals surface area contributed by atoms with Crippen LogP contribution in [0.15, 0.2) is 24.3 Å². The van der Waals surface area contributed by atoms with Crippen molar-refractivity contribution in [2.75, 3.05) is 19.8 Å². The fourth-order valence-corrected chi connectivity index (χ4v) is 2.54. The van der Waals surface area contributed by atoms with Crippen molar-refractivity contribution < 1.29 is 14.6 Å². The Balaban J connectivity index is 1.67. The molecule has 2 N–H and O–H groups in total. The summed E-state index contributed by atoms with van der Waals surface area (Å²) in [6, 6.07) is 7.63. The number of ether oxygens (including phenoxy) is 1. The van der Waals surface area contributed by atoms with Crippen molar-refractivity contribution in [2.24, 2.45) is 11.8 Å². The van der Waals surface area contributed by atoms with Gasteiger partial charge in [-0.3, -0.25) is 4.79 Å². The highest BCUT2D eigenvalue weighted by molar-refractivity contribution is 6.30. The van der Waals surface area contributed by atoms with E-state index in [2.05, 4.69) is 19.2 Å². The highest BCUT2D eigenvalue weighted by Crippen LogP contribution is 2.47. The summed E-state index contributed by atoms with van der Waals surface area (Å²) in [6.07, 6.45) is 0.198. The Morgan fingerprint density at radius 2 is 2.05 bits per heavy atom. The van der Waals surface area contributed by atoms with Crippen molar-refractivity contribution in [3.63, 3.8) is 0 Å². The summed E-state index contributed by atoms with van der Waals surface area (Å²) >= 11 is 5.86. The minimum Gasteiger partial charge on any atom is -0.389 e. The fraction of sp³-hybridized carbons (Fsp3) is 0.588. The normalized spacial score (nSPS) is 21.7. The average Bonchev–Trinajstić information content (AvgIpc) is 3.25. The Kier molecular flexibility index (Phi) is 6.24. The van der Waals surface area contributed by atoms with Gasteiger partial charge in [-0.2, -0.15) is 0 Å². The maximum Gasteiger partial charge on any atom is 0.223 e. The molecule has 4 nitrogen and oxygen atoms in total. The Hall–Kier alpha value is -1.10. The predicted octanol–water partition coefficient (Wildman–Crippen LogP) is 2.59. The molecule has 1 aliphatic rings. The second-order valence-electron chi connectivity index (χ2n) is 6.33. The summed E-state index contributed by atoms with van der Waals surface area (Å²) < 4.78 is 5.35. The van der Waals surface area contributed by atoms with Gasteiger partial charge in [0.1, 0.15) is 0 Å². The minimum atomic E-state index is -0.657. The van der Waals surface area contributed by atoms with Crippen LogP contribution in [0, 0.1) is 11.8 Å². The molecule has 0 radical (unpaired) electrons. The van der Waals surface area contributed by atoms with Crippen LogP contribution >= 0.6 is 11.6 Å². The van der Waals surface area contributed by atoms with Crippen LogP contribution in [0.5, 0.6) is 0 Å². The molecular weight excluding hydrogens is 302 g/mol. The van der Waals surface area contributed by atoms with E-state index in [1.807, 2.05) is 24.3 Å². The molecule has 1 amide bonds. The summed E-state index contributed by atoms with van der Waals surface area (Å²) in [5.41, 5.74) is 1.14. The average molecular weight is 326 g/mol. The lowest BCUT2D eigenvalue weighted by atomic mass is 10.1. The second-order valence-corrected chi connectivity index (χ2v) is 6.77. The molecule has 0 heterocycles. The quantitative estimate of drug-likeness (QED) is 0.772. The Morgan fingerprint density at radius 1 is 1.36 bits per heavy atom. The van der Waals surface area contributed by atoms with Gasteiger partial charge in [0.25, 0.3) is 0 Å². The summed E-state index contributed by atoms with van der Waals surface area (Å²) in [4.78, 5) is 12.1. The van der Waals surface area contributed by atoms with Gasteiger partial charge < -0.3 is 15.2 Å². The lowest BCUT2D eigenvalue weighted by molar-refractivity contribution is -0.123. The van der Waals surface area contributed by atoms with E-state index in [1.54, 1.807) is 0 Å². The van der Waals surface area contributed by atoms with Crippen LogP contribution in [0.3, 0.4) is 0 Å². The number of rotatable bonds is 8. The first-order chi connectivity index (χ1) is 10.5. The zero-order valence-corrected chi connectivity index (χ0v) is 13.8. The molecule has 22 heavy (non-hydrogen) atoms. The van der Waals surface area contributed by atoms with E-state index in [0.29, 0.717) is 17.5 Å². The summed E-state index contributed by atoms with van der Waals surface area (Å²) in [7, 11) is 0. The third-order valence-electron chi connectivity index (χ3n) is 3.70. The smallest absolute Gasteiger partial charge is 0.223 e. The monoisotopic (exact) mass is 325 g/mol. The van der Waals surface area contributed by atoms with Gasteiger partial charge in [0.05, 0.1) is 12.7 Å². The molecule has 1 aromatic carbocycles. The van der Waals surface area contributed by atoms with E-state index >= 15 is 0 Å². The van der Waals surface area contributed by atoms with E-state index in [0.717, 1.165) is 12.0 Å². The number of aliphatic hydroxyl groups is 1. The molecule has 0 aromatic heterocycles.